The van der Waals surface area contributed by atoms with E-state index >= 15 is 0 Å². The third-order valence-corrected chi connectivity index (χ3v) is 10.8. The van der Waals surface area contributed by atoms with Crippen LogP contribution in [0.4, 0.5) is 16.2 Å². The van der Waals surface area contributed by atoms with E-state index in [1.807, 2.05) is 0 Å². The van der Waals surface area contributed by atoms with Crippen LogP contribution >= 0.6 is 0 Å². The predicted molar refractivity (Wildman–Crippen MR) is 187 cm³/mol. The third-order valence-electron chi connectivity index (χ3n) is 10.8. The van der Waals surface area contributed by atoms with Crippen molar-refractivity contribution >= 4 is 17.7 Å². The van der Waals surface area contributed by atoms with Gasteiger partial charge >= 0.3 is 5.97 Å². The van der Waals surface area contributed by atoms with Crippen molar-refractivity contribution in [3.8, 4) is 22.8 Å². The van der Waals surface area contributed by atoms with Crippen LogP contribution in [0.15, 0.2) is 49.3 Å². The van der Waals surface area contributed by atoms with Gasteiger partial charge < -0.3 is 19.7 Å². The highest BCUT2D eigenvalue weighted by Gasteiger charge is 2.53. The van der Waals surface area contributed by atoms with Gasteiger partial charge in [-0.2, -0.15) is 0 Å². The van der Waals surface area contributed by atoms with Gasteiger partial charge in [0.1, 0.15) is 24.2 Å². The van der Waals surface area contributed by atoms with Gasteiger partial charge in [-0.25, -0.2) is 34.1 Å². The number of likely N-dealkylation sites (tertiary alicyclic amines) is 1. The molecule has 51 heavy (non-hydrogen) atoms. The molecule has 0 radical (unpaired) electrons. The summed E-state index contributed by atoms with van der Waals surface area (Å²) < 4.78 is 26.1. The number of hydrogen-bond donors (Lipinski definition) is 1. The number of nitrogens with zero attached hydrogens (tertiary/aromatic N) is 9. The van der Waals surface area contributed by atoms with Crippen LogP contribution in [-0.4, -0.2) is 90.9 Å². The molecule has 0 bridgehead atoms. The highest BCUT2D eigenvalue weighted by atomic mass is 19.1. The smallest absolute Gasteiger partial charge is 0.357 e. The number of hydrogen-bond acceptors (Lipinski definition) is 13. The van der Waals surface area contributed by atoms with E-state index in [0.29, 0.717) is 59.4 Å². The number of halogens is 1. The lowest BCUT2D eigenvalue weighted by molar-refractivity contribution is -0.0656. The molecule has 2 aliphatic heterocycles. The molecule has 266 valence electrons. The summed E-state index contributed by atoms with van der Waals surface area (Å²) in [5, 5.41) is 11.8. The first-order valence-electron chi connectivity index (χ1n) is 18.0. The Morgan fingerprint density at radius 1 is 1.08 bits per heavy atom. The maximum absolute atomic E-state index is 14.6. The number of esters is 1. The molecule has 2 saturated carbocycles. The molecule has 0 unspecified atom stereocenters. The summed E-state index contributed by atoms with van der Waals surface area (Å²) >= 11 is 0. The molecule has 13 nitrogen and oxygen atoms in total. The highest BCUT2D eigenvalue weighted by molar-refractivity contribution is 5.87. The van der Waals surface area contributed by atoms with Crippen LogP contribution in [-0.2, 0) is 4.74 Å². The third kappa shape index (κ3) is 6.80. The van der Waals surface area contributed by atoms with Crippen LogP contribution in [0.3, 0.4) is 0 Å². The average Bonchev–Trinajstić information content (AvgIpc) is 3.86. The van der Waals surface area contributed by atoms with Crippen molar-refractivity contribution in [3.05, 3.63) is 66.5 Å². The summed E-state index contributed by atoms with van der Waals surface area (Å²) in [5.74, 6) is 2.51. The minimum absolute atomic E-state index is 0.166. The van der Waals surface area contributed by atoms with Crippen LogP contribution in [0, 0.1) is 23.1 Å². The summed E-state index contributed by atoms with van der Waals surface area (Å²) in [6.45, 7) is 10.5. The van der Waals surface area contributed by atoms with Gasteiger partial charge in [-0.15, -0.1) is 10.2 Å². The quantitative estimate of drug-likeness (QED) is 0.186. The second kappa shape index (κ2) is 13.7. The number of ether oxygens (including phenoxy) is 2. The molecular weight excluding hydrogens is 651 g/mol. The Balaban J connectivity index is 0.910. The molecule has 0 amide bonds. The molecule has 3 aromatic heterocycles. The maximum atomic E-state index is 14.6. The van der Waals surface area contributed by atoms with Crippen LogP contribution in [0.5, 0.6) is 11.6 Å². The van der Waals surface area contributed by atoms with E-state index in [1.54, 1.807) is 37.8 Å². The first-order valence-corrected chi connectivity index (χ1v) is 18.0. The van der Waals surface area contributed by atoms with Crippen LogP contribution in [0.25, 0.3) is 11.1 Å². The van der Waals surface area contributed by atoms with E-state index in [2.05, 4.69) is 64.1 Å². The van der Waals surface area contributed by atoms with Crippen molar-refractivity contribution in [2.24, 2.45) is 17.3 Å². The molecule has 2 saturated heterocycles. The predicted octanol–water partition coefficient (Wildman–Crippen LogP) is 5.53. The maximum Gasteiger partial charge on any atom is 0.357 e. The Morgan fingerprint density at radius 2 is 1.92 bits per heavy atom. The van der Waals surface area contributed by atoms with Gasteiger partial charge in [0, 0.05) is 73.1 Å². The van der Waals surface area contributed by atoms with Crippen molar-refractivity contribution in [1.29, 1.82) is 0 Å². The normalized spacial score (nSPS) is 21.6. The Hall–Kier alpha value is -4.85. The van der Waals surface area contributed by atoms with Crippen LogP contribution in [0.2, 0.25) is 0 Å². The lowest BCUT2D eigenvalue weighted by atomic mass is 9.68. The Kier molecular flexibility index (Phi) is 8.95. The zero-order valence-electron chi connectivity index (χ0n) is 29.2. The second-order valence-corrected chi connectivity index (χ2v) is 14.8. The molecule has 1 aromatic carbocycles. The lowest BCUT2D eigenvalue weighted by Crippen LogP contribution is -2.65. The highest BCUT2D eigenvalue weighted by Crippen LogP contribution is 2.48. The SMILES string of the molecule is CCOC(=O)c1ccnc(NC2CC([C@@H](C(C)C)N3CC4(CCN(c5ncnnc5Oc5ccc(F)cc5-c5cncnc5C5CC5)C4)C3)C2)n1. The summed E-state index contributed by atoms with van der Waals surface area (Å²) in [5.41, 5.74) is 2.71. The molecule has 1 atom stereocenters. The molecule has 8 rings (SSSR count). The van der Waals surface area contributed by atoms with Crippen LogP contribution in [0.1, 0.15) is 75.0 Å². The van der Waals surface area contributed by atoms with Gasteiger partial charge in [-0.05, 0) is 75.1 Å². The van der Waals surface area contributed by atoms with E-state index in [9.17, 15) is 9.18 Å². The van der Waals surface area contributed by atoms with Crippen molar-refractivity contribution in [2.75, 3.05) is 43.0 Å². The summed E-state index contributed by atoms with van der Waals surface area (Å²) in [4.78, 5) is 39.1. The summed E-state index contributed by atoms with van der Waals surface area (Å²) in [6.07, 6.45) is 11.5. The molecule has 4 aliphatic rings. The second-order valence-electron chi connectivity index (χ2n) is 14.8. The fraction of sp³-hybridized carbons (Fsp3) is 0.514. The largest absolute Gasteiger partial charge is 0.461 e. The lowest BCUT2D eigenvalue weighted by Gasteiger charge is -2.57. The number of aromatic nitrogens is 7. The number of carbonyl (C=O) groups excluding carboxylic acids is 1. The van der Waals surface area contributed by atoms with E-state index in [4.69, 9.17) is 9.47 Å². The topological polar surface area (TPSA) is 144 Å². The van der Waals surface area contributed by atoms with Gasteiger partial charge in [0.15, 0.2) is 11.5 Å². The van der Waals surface area contributed by atoms with Gasteiger partial charge in [0.25, 0.3) is 5.88 Å². The summed E-state index contributed by atoms with van der Waals surface area (Å²) in [7, 11) is 0. The Morgan fingerprint density at radius 3 is 2.71 bits per heavy atom. The van der Waals surface area contributed by atoms with E-state index < -0.39 is 5.97 Å². The molecule has 4 fully saturated rings. The van der Waals surface area contributed by atoms with E-state index in [0.717, 1.165) is 69.5 Å². The molecule has 1 N–H and O–H groups in total. The minimum atomic E-state index is -0.436. The number of rotatable bonds is 12. The van der Waals surface area contributed by atoms with Gasteiger partial charge in [-0.3, -0.25) is 4.90 Å². The van der Waals surface area contributed by atoms with Crippen molar-refractivity contribution < 1.29 is 18.7 Å². The molecular formula is C37H43FN10O3. The number of anilines is 2. The number of benzene rings is 1. The fourth-order valence-corrected chi connectivity index (χ4v) is 8.33. The zero-order valence-corrected chi connectivity index (χ0v) is 29.2. The zero-order chi connectivity index (χ0) is 35.1. The molecule has 1 spiro atoms. The molecule has 2 aliphatic carbocycles. The molecule has 5 heterocycles. The van der Waals surface area contributed by atoms with E-state index in [1.165, 1.54) is 18.5 Å². The van der Waals surface area contributed by atoms with Gasteiger partial charge in [-0.1, -0.05) is 13.8 Å². The van der Waals surface area contributed by atoms with Crippen molar-refractivity contribution in [3.63, 3.8) is 0 Å². The van der Waals surface area contributed by atoms with Crippen molar-refractivity contribution in [1.82, 2.24) is 40.0 Å². The Bertz CT molecular complexity index is 1900. The monoisotopic (exact) mass is 694 g/mol. The van der Waals surface area contributed by atoms with E-state index in [-0.39, 0.29) is 23.0 Å². The van der Waals surface area contributed by atoms with Crippen LogP contribution < -0.4 is 15.0 Å². The standard InChI is InChI=1S/C37H43FN10O3/c1-4-50-35(49)29-9-11-40-36(45-29)44-26-13-24(14-26)32(22(2)3)48-18-37(19-48)10-12-47(17-37)33-34(46-43-21-42-33)51-30-8-7-25(38)15-27(30)28-16-39-20-41-31(28)23-5-6-23/h7-9,11,15-16,20-24,26,32H,4-6,10,12-14,17-19H2,1-3H3,(H,40,44,45)/t24?,26?,32-/m1/s1. The first kappa shape index (κ1) is 33.3. The summed E-state index contributed by atoms with van der Waals surface area (Å²) in [6, 6.07) is 6.81. The fourth-order valence-electron chi connectivity index (χ4n) is 8.33. The number of carbonyl (C=O) groups is 1. The molecule has 4 aromatic rings. The minimum Gasteiger partial charge on any atom is -0.461 e. The van der Waals surface area contributed by atoms with Gasteiger partial charge in [0.05, 0.1) is 12.3 Å². The molecule has 14 heteroatoms. The Labute approximate surface area is 296 Å². The average molecular weight is 695 g/mol. The van der Waals surface area contributed by atoms with Gasteiger partial charge in [0.2, 0.25) is 5.95 Å². The number of nitrogens with one attached hydrogen (secondary N) is 1. The van der Waals surface area contributed by atoms with Crippen molar-refractivity contribution in [2.45, 2.75) is 70.9 Å². The first-order chi connectivity index (χ1) is 24.8.